The van der Waals surface area contributed by atoms with Crippen LogP contribution in [-0.4, -0.2) is 4.98 Å². The molecule has 0 aliphatic heterocycles. The van der Waals surface area contributed by atoms with E-state index in [2.05, 4.69) is 54.6 Å². The summed E-state index contributed by atoms with van der Waals surface area (Å²) in [5.41, 5.74) is 3.68. The third kappa shape index (κ3) is 1.39. The molecule has 0 radical (unpaired) electrons. The molecular formula is C16H15N. The zero-order valence-electron chi connectivity index (χ0n) is 9.74. The van der Waals surface area contributed by atoms with E-state index in [9.17, 15) is 0 Å². The lowest BCUT2D eigenvalue weighted by molar-refractivity contribution is 0.625. The first-order valence-corrected chi connectivity index (χ1v) is 5.84. The second-order valence-electron chi connectivity index (χ2n) is 4.59. The molecule has 0 fully saturated rings. The minimum atomic E-state index is -0.0992. The summed E-state index contributed by atoms with van der Waals surface area (Å²) >= 11 is 0. The molecule has 0 spiro atoms. The molecule has 0 saturated heterocycles. The number of aromatic nitrogens is 1. The third-order valence-electron chi connectivity index (χ3n) is 3.65. The molecule has 1 aliphatic rings. The van der Waals surface area contributed by atoms with Crippen LogP contribution in [-0.2, 0) is 6.42 Å². The minimum Gasteiger partial charge on any atom is -0.355 e. The molecule has 1 N–H and O–H groups in total. The standard InChI is InChI=1S/C16H15N/c1-3-16(4-2)10-9-15-13(11-16)12-7-5-6-8-14(12)17-15/h3-10,17H,1-2,11H2. The van der Waals surface area contributed by atoms with E-state index in [4.69, 9.17) is 0 Å². The maximum atomic E-state index is 3.93. The first-order chi connectivity index (χ1) is 8.28. The van der Waals surface area contributed by atoms with Crippen molar-refractivity contribution in [3.8, 4) is 0 Å². The number of allylic oxidation sites excluding steroid dienone is 3. The molecule has 0 bridgehead atoms. The van der Waals surface area contributed by atoms with Crippen molar-refractivity contribution in [1.29, 1.82) is 0 Å². The topological polar surface area (TPSA) is 15.8 Å². The predicted molar refractivity (Wildman–Crippen MR) is 73.9 cm³/mol. The van der Waals surface area contributed by atoms with Gasteiger partial charge in [-0.15, -0.1) is 13.2 Å². The van der Waals surface area contributed by atoms with Crippen molar-refractivity contribution in [2.75, 3.05) is 0 Å². The summed E-state index contributed by atoms with van der Waals surface area (Å²) in [6.45, 7) is 7.86. The Balaban J connectivity index is 2.23. The average Bonchev–Trinajstić information content (AvgIpc) is 2.76. The second kappa shape index (κ2) is 3.49. The molecule has 1 heterocycles. The van der Waals surface area contributed by atoms with Gasteiger partial charge in [0.2, 0.25) is 0 Å². The predicted octanol–water partition coefficient (Wildman–Crippen LogP) is 4.10. The fraction of sp³-hybridized carbons (Fsp3) is 0.125. The highest BCUT2D eigenvalue weighted by atomic mass is 14.7. The van der Waals surface area contributed by atoms with Crippen molar-refractivity contribution in [3.05, 3.63) is 66.9 Å². The Morgan fingerprint density at radius 1 is 1.18 bits per heavy atom. The Labute approximate surface area is 101 Å². The van der Waals surface area contributed by atoms with Crippen molar-refractivity contribution in [1.82, 2.24) is 4.98 Å². The van der Waals surface area contributed by atoms with E-state index in [1.54, 1.807) is 0 Å². The molecule has 1 heteroatoms. The van der Waals surface area contributed by atoms with Gasteiger partial charge in [0.15, 0.2) is 0 Å². The summed E-state index contributed by atoms with van der Waals surface area (Å²) in [6.07, 6.45) is 9.20. The van der Waals surface area contributed by atoms with Gasteiger partial charge < -0.3 is 4.98 Å². The summed E-state index contributed by atoms with van der Waals surface area (Å²) in [4.78, 5) is 3.45. The fourth-order valence-corrected chi connectivity index (χ4v) is 2.52. The Morgan fingerprint density at radius 2 is 1.94 bits per heavy atom. The Morgan fingerprint density at radius 3 is 2.71 bits per heavy atom. The van der Waals surface area contributed by atoms with Gasteiger partial charge in [-0.1, -0.05) is 36.4 Å². The highest BCUT2D eigenvalue weighted by Gasteiger charge is 2.26. The van der Waals surface area contributed by atoms with Gasteiger partial charge in [0, 0.05) is 22.0 Å². The van der Waals surface area contributed by atoms with Crippen molar-refractivity contribution >= 4 is 17.0 Å². The average molecular weight is 221 g/mol. The van der Waals surface area contributed by atoms with Gasteiger partial charge in [0.1, 0.15) is 0 Å². The molecule has 17 heavy (non-hydrogen) atoms. The van der Waals surface area contributed by atoms with Gasteiger partial charge in [0.05, 0.1) is 0 Å². The Hall–Kier alpha value is -2.02. The van der Waals surface area contributed by atoms with E-state index in [-0.39, 0.29) is 5.41 Å². The third-order valence-corrected chi connectivity index (χ3v) is 3.65. The summed E-state index contributed by atoms with van der Waals surface area (Å²) < 4.78 is 0. The van der Waals surface area contributed by atoms with E-state index >= 15 is 0 Å². The van der Waals surface area contributed by atoms with Crippen molar-refractivity contribution in [2.45, 2.75) is 6.42 Å². The Kier molecular flexibility index (Phi) is 2.08. The van der Waals surface area contributed by atoms with Crippen LogP contribution in [0.1, 0.15) is 11.3 Å². The number of benzene rings is 1. The lowest BCUT2D eigenvalue weighted by Crippen LogP contribution is -2.17. The molecule has 0 amide bonds. The number of fused-ring (bicyclic) bond motifs is 3. The summed E-state index contributed by atoms with van der Waals surface area (Å²) in [5, 5.41) is 1.31. The van der Waals surface area contributed by atoms with E-state index in [1.807, 2.05) is 12.2 Å². The molecule has 1 nitrogen and oxygen atoms in total. The molecule has 84 valence electrons. The normalized spacial score (nSPS) is 16.7. The van der Waals surface area contributed by atoms with Gasteiger partial charge in [-0.05, 0) is 24.1 Å². The van der Waals surface area contributed by atoms with Crippen LogP contribution in [0.25, 0.3) is 17.0 Å². The molecule has 0 unspecified atom stereocenters. The van der Waals surface area contributed by atoms with Gasteiger partial charge in [0.25, 0.3) is 0 Å². The molecule has 1 aromatic carbocycles. The molecule has 0 atom stereocenters. The van der Waals surface area contributed by atoms with E-state index in [0.29, 0.717) is 0 Å². The maximum Gasteiger partial charge on any atom is 0.0461 e. The lowest BCUT2D eigenvalue weighted by Gasteiger charge is -2.26. The zero-order chi connectivity index (χ0) is 11.9. The van der Waals surface area contributed by atoms with E-state index in [1.165, 1.54) is 22.2 Å². The number of hydrogen-bond donors (Lipinski definition) is 1. The van der Waals surface area contributed by atoms with Crippen molar-refractivity contribution in [3.63, 3.8) is 0 Å². The summed E-state index contributed by atoms with van der Waals surface area (Å²) in [5.74, 6) is 0. The first kappa shape index (κ1) is 10.2. The van der Waals surface area contributed by atoms with Crippen LogP contribution in [0.4, 0.5) is 0 Å². The van der Waals surface area contributed by atoms with E-state index in [0.717, 1.165) is 6.42 Å². The van der Waals surface area contributed by atoms with Crippen LogP contribution in [0.15, 0.2) is 55.7 Å². The smallest absolute Gasteiger partial charge is 0.0461 e. The highest BCUT2D eigenvalue weighted by molar-refractivity contribution is 5.88. The van der Waals surface area contributed by atoms with Gasteiger partial charge >= 0.3 is 0 Å². The molecule has 2 aromatic rings. The van der Waals surface area contributed by atoms with Crippen molar-refractivity contribution < 1.29 is 0 Å². The van der Waals surface area contributed by atoms with Crippen LogP contribution >= 0.6 is 0 Å². The second-order valence-corrected chi connectivity index (χ2v) is 4.59. The monoisotopic (exact) mass is 221 g/mol. The largest absolute Gasteiger partial charge is 0.355 e. The molecule has 0 saturated carbocycles. The number of aromatic amines is 1. The molecular weight excluding hydrogens is 206 g/mol. The number of para-hydroxylation sites is 1. The summed E-state index contributed by atoms with van der Waals surface area (Å²) in [7, 11) is 0. The number of H-pyrrole nitrogens is 1. The van der Waals surface area contributed by atoms with Gasteiger partial charge in [-0.2, -0.15) is 0 Å². The van der Waals surface area contributed by atoms with Crippen LogP contribution < -0.4 is 0 Å². The number of rotatable bonds is 2. The molecule has 1 aromatic heterocycles. The summed E-state index contributed by atoms with van der Waals surface area (Å²) in [6, 6.07) is 8.42. The fourth-order valence-electron chi connectivity index (χ4n) is 2.52. The first-order valence-electron chi connectivity index (χ1n) is 5.84. The lowest BCUT2D eigenvalue weighted by atomic mass is 9.77. The molecule has 3 rings (SSSR count). The SMILES string of the molecule is C=CC1(C=C)C=Cc2[nH]c3ccccc3c2C1. The van der Waals surface area contributed by atoms with Crippen LogP contribution in [0.3, 0.4) is 0 Å². The zero-order valence-corrected chi connectivity index (χ0v) is 9.74. The number of nitrogens with one attached hydrogen (secondary N) is 1. The molecule has 1 aliphatic carbocycles. The minimum absolute atomic E-state index is 0.0992. The van der Waals surface area contributed by atoms with Gasteiger partial charge in [-0.3, -0.25) is 0 Å². The Bertz CT molecular complexity index is 620. The quantitative estimate of drug-likeness (QED) is 0.735. The number of hydrogen-bond acceptors (Lipinski definition) is 0. The van der Waals surface area contributed by atoms with E-state index < -0.39 is 0 Å². The van der Waals surface area contributed by atoms with Gasteiger partial charge in [-0.25, -0.2) is 0 Å². The van der Waals surface area contributed by atoms with Crippen LogP contribution in [0.2, 0.25) is 0 Å². The van der Waals surface area contributed by atoms with Crippen LogP contribution in [0.5, 0.6) is 0 Å². The highest BCUT2D eigenvalue weighted by Crippen LogP contribution is 2.37. The van der Waals surface area contributed by atoms with Crippen molar-refractivity contribution in [2.24, 2.45) is 5.41 Å². The van der Waals surface area contributed by atoms with Crippen LogP contribution in [0, 0.1) is 5.41 Å². The maximum absolute atomic E-state index is 3.93.